The summed E-state index contributed by atoms with van der Waals surface area (Å²) in [7, 11) is 0. The Hall–Kier alpha value is -0.120. The molecule has 0 amide bonds. The van der Waals surface area contributed by atoms with Gasteiger partial charge in [0.2, 0.25) is 0 Å². The minimum absolute atomic E-state index is 0.224. The Kier molecular flexibility index (Phi) is 6.10. The Morgan fingerprint density at radius 1 is 1.19 bits per heavy atom. The molecule has 2 fully saturated rings. The molecule has 0 aromatic carbocycles. The summed E-state index contributed by atoms with van der Waals surface area (Å²) in [6.07, 6.45) is 8.63. The van der Waals surface area contributed by atoms with Crippen LogP contribution in [0.5, 0.6) is 0 Å². The van der Waals surface area contributed by atoms with Crippen molar-refractivity contribution in [3.05, 3.63) is 0 Å². The lowest BCUT2D eigenvalue weighted by Crippen LogP contribution is -2.52. The van der Waals surface area contributed by atoms with E-state index in [0.717, 1.165) is 26.1 Å². The first-order chi connectivity index (χ1) is 9.92. The zero-order valence-corrected chi connectivity index (χ0v) is 14.7. The fraction of sp³-hybridized carbons (Fsp3) is 1.00. The van der Waals surface area contributed by atoms with Gasteiger partial charge in [0, 0.05) is 31.7 Å². The molecule has 3 nitrogen and oxygen atoms in total. The first kappa shape index (κ1) is 17.2. The lowest BCUT2D eigenvalue weighted by molar-refractivity contribution is -0.0469. The van der Waals surface area contributed by atoms with Gasteiger partial charge in [-0.3, -0.25) is 4.90 Å². The molecule has 1 aliphatic carbocycles. The van der Waals surface area contributed by atoms with E-state index >= 15 is 0 Å². The summed E-state index contributed by atoms with van der Waals surface area (Å²) in [5, 5.41) is 3.79. The number of morpholine rings is 1. The zero-order valence-electron chi connectivity index (χ0n) is 14.7. The molecule has 0 aromatic heterocycles. The van der Waals surface area contributed by atoms with Crippen molar-refractivity contribution in [1.29, 1.82) is 0 Å². The second-order valence-corrected chi connectivity index (χ2v) is 8.30. The van der Waals surface area contributed by atoms with Crippen molar-refractivity contribution >= 4 is 0 Å². The zero-order chi connectivity index (χ0) is 15.3. The molecule has 1 unspecified atom stereocenters. The molecule has 0 radical (unpaired) electrons. The first-order valence-electron chi connectivity index (χ1n) is 9.01. The maximum absolute atomic E-state index is 5.84. The van der Waals surface area contributed by atoms with E-state index in [1.807, 2.05) is 0 Å². The third-order valence-electron chi connectivity index (χ3n) is 5.15. The highest BCUT2D eigenvalue weighted by molar-refractivity contribution is 4.91. The largest absolute Gasteiger partial charge is 0.376 e. The number of ether oxygens (including phenoxy) is 1. The minimum Gasteiger partial charge on any atom is -0.376 e. The maximum atomic E-state index is 5.84. The van der Waals surface area contributed by atoms with Crippen LogP contribution in [0, 0.1) is 5.41 Å². The van der Waals surface area contributed by atoms with Gasteiger partial charge in [-0.15, -0.1) is 0 Å². The molecule has 2 aliphatic rings. The topological polar surface area (TPSA) is 24.5 Å². The molecule has 1 N–H and O–H groups in total. The van der Waals surface area contributed by atoms with Crippen LogP contribution in [0.4, 0.5) is 0 Å². The van der Waals surface area contributed by atoms with Crippen LogP contribution in [0.15, 0.2) is 0 Å². The summed E-state index contributed by atoms with van der Waals surface area (Å²) in [5.41, 5.74) is 0.711. The van der Waals surface area contributed by atoms with Gasteiger partial charge in [-0.05, 0) is 45.4 Å². The molecule has 3 heteroatoms. The lowest BCUT2D eigenvalue weighted by atomic mass is 9.73. The molecule has 1 saturated heterocycles. The van der Waals surface area contributed by atoms with Crippen molar-refractivity contribution in [1.82, 2.24) is 10.2 Å². The summed E-state index contributed by atoms with van der Waals surface area (Å²) < 4.78 is 5.84. The third kappa shape index (κ3) is 5.54. The van der Waals surface area contributed by atoms with Crippen LogP contribution in [0.3, 0.4) is 0 Å². The highest BCUT2D eigenvalue weighted by Gasteiger charge is 2.35. The molecule has 21 heavy (non-hydrogen) atoms. The van der Waals surface area contributed by atoms with Crippen molar-refractivity contribution < 1.29 is 4.74 Å². The van der Waals surface area contributed by atoms with E-state index in [-0.39, 0.29) is 5.54 Å². The molecular formula is C18H36N2O. The van der Waals surface area contributed by atoms with Gasteiger partial charge in [-0.2, -0.15) is 0 Å². The van der Waals surface area contributed by atoms with Crippen molar-refractivity contribution in [3.8, 4) is 0 Å². The Labute approximate surface area is 131 Å². The minimum atomic E-state index is 0.224. The Morgan fingerprint density at radius 2 is 1.90 bits per heavy atom. The van der Waals surface area contributed by atoms with Crippen molar-refractivity contribution in [2.75, 3.05) is 32.8 Å². The average molecular weight is 296 g/mol. The molecular weight excluding hydrogens is 260 g/mol. The highest BCUT2D eigenvalue weighted by atomic mass is 16.5. The third-order valence-corrected chi connectivity index (χ3v) is 5.15. The predicted molar refractivity (Wildman–Crippen MR) is 89.7 cm³/mol. The van der Waals surface area contributed by atoms with Crippen molar-refractivity contribution in [2.24, 2.45) is 5.41 Å². The average Bonchev–Trinajstić information content (AvgIpc) is 2.46. The molecule has 1 atom stereocenters. The van der Waals surface area contributed by atoms with E-state index in [1.165, 1.54) is 45.2 Å². The smallest absolute Gasteiger partial charge is 0.0700 e. The molecule has 1 heterocycles. The van der Waals surface area contributed by atoms with E-state index in [1.54, 1.807) is 0 Å². The van der Waals surface area contributed by atoms with E-state index in [0.29, 0.717) is 11.5 Å². The van der Waals surface area contributed by atoms with E-state index in [9.17, 15) is 0 Å². The Balaban J connectivity index is 1.95. The van der Waals surface area contributed by atoms with Gasteiger partial charge >= 0.3 is 0 Å². The molecule has 0 bridgehead atoms. The van der Waals surface area contributed by atoms with Crippen LogP contribution in [-0.2, 0) is 4.74 Å². The van der Waals surface area contributed by atoms with E-state index in [4.69, 9.17) is 4.74 Å². The molecule has 1 aliphatic heterocycles. The van der Waals surface area contributed by atoms with Crippen LogP contribution >= 0.6 is 0 Å². The van der Waals surface area contributed by atoms with Crippen molar-refractivity contribution in [3.63, 3.8) is 0 Å². The fourth-order valence-electron chi connectivity index (χ4n) is 3.79. The van der Waals surface area contributed by atoms with Crippen LogP contribution in [0.25, 0.3) is 0 Å². The fourth-order valence-corrected chi connectivity index (χ4v) is 3.79. The van der Waals surface area contributed by atoms with Gasteiger partial charge in [0.05, 0.1) is 12.7 Å². The van der Waals surface area contributed by atoms with Crippen LogP contribution < -0.4 is 5.32 Å². The SMILES string of the molecule is CCC1CN(CC2(CNC(C)(C)C)CCCCC2)CCO1. The summed E-state index contributed by atoms with van der Waals surface area (Å²) in [6, 6.07) is 0. The van der Waals surface area contributed by atoms with Gasteiger partial charge in [-0.1, -0.05) is 26.2 Å². The van der Waals surface area contributed by atoms with Crippen molar-refractivity contribution in [2.45, 2.75) is 77.9 Å². The quantitative estimate of drug-likeness (QED) is 0.841. The molecule has 124 valence electrons. The van der Waals surface area contributed by atoms with E-state index < -0.39 is 0 Å². The summed E-state index contributed by atoms with van der Waals surface area (Å²) in [6.45, 7) is 14.7. The second-order valence-electron chi connectivity index (χ2n) is 8.30. The first-order valence-corrected chi connectivity index (χ1v) is 9.01. The highest BCUT2D eigenvalue weighted by Crippen LogP contribution is 2.37. The number of hydrogen-bond donors (Lipinski definition) is 1. The lowest BCUT2D eigenvalue weighted by Gasteiger charge is -2.45. The van der Waals surface area contributed by atoms with Gasteiger partial charge in [0.25, 0.3) is 0 Å². The van der Waals surface area contributed by atoms with Crippen LogP contribution in [0.2, 0.25) is 0 Å². The monoisotopic (exact) mass is 296 g/mol. The van der Waals surface area contributed by atoms with Gasteiger partial charge in [0.1, 0.15) is 0 Å². The molecule has 2 rings (SSSR count). The number of rotatable bonds is 5. The van der Waals surface area contributed by atoms with Gasteiger partial charge in [-0.25, -0.2) is 0 Å². The van der Waals surface area contributed by atoms with Gasteiger partial charge in [0.15, 0.2) is 0 Å². The standard InChI is InChI=1S/C18H36N2O/c1-5-16-13-20(11-12-21-16)15-18(9-7-6-8-10-18)14-19-17(2,3)4/h16,19H,5-15H2,1-4H3. The molecule has 0 spiro atoms. The van der Waals surface area contributed by atoms with Crippen LogP contribution in [-0.4, -0.2) is 49.3 Å². The summed E-state index contributed by atoms with van der Waals surface area (Å²) >= 11 is 0. The Bertz CT molecular complexity index is 305. The molecule has 0 aromatic rings. The number of hydrogen-bond acceptors (Lipinski definition) is 3. The molecule has 1 saturated carbocycles. The summed E-state index contributed by atoms with van der Waals surface area (Å²) in [4.78, 5) is 2.67. The summed E-state index contributed by atoms with van der Waals surface area (Å²) in [5.74, 6) is 0. The van der Waals surface area contributed by atoms with E-state index in [2.05, 4.69) is 37.9 Å². The number of nitrogens with one attached hydrogen (secondary N) is 1. The normalized spacial score (nSPS) is 27.7. The Morgan fingerprint density at radius 3 is 2.52 bits per heavy atom. The van der Waals surface area contributed by atoms with Gasteiger partial charge < -0.3 is 10.1 Å². The van der Waals surface area contributed by atoms with Crippen LogP contribution in [0.1, 0.15) is 66.2 Å². The number of nitrogens with zero attached hydrogens (tertiary/aromatic N) is 1. The maximum Gasteiger partial charge on any atom is 0.0700 e. The second kappa shape index (κ2) is 7.43. The predicted octanol–water partition coefficient (Wildman–Crippen LogP) is 3.44.